The minimum Gasteiger partial charge on any atom is -0.495 e. The number of hydrogen-bond acceptors (Lipinski definition) is 7. The van der Waals surface area contributed by atoms with Gasteiger partial charge in [0.15, 0.2) is 5.84 Å². The number of pyridine rings is 2. The maximum atomic E-state index is 6.12. The molecule has 140 valence electrons. The highest BCUT2D eigenvalue weighted by Crippen LogP contribution is 2.24. The number of aliphatic imine (C=N–C) groups is 2. The predicted molar refractivity (Wildman–Crippen MR) is 105 cm³/mol. The second-order valence-electron chi connectivity index (χ2n) is 6.66. The average molecular weight is 365 g/mol. The smallest absolute Gasteiger partial charge is 0.175 e. The summed E-state index contributed by atoms with van der Waals surface area (Å²) in [6, 6.07) is 7.51. The van der Waals surface area contributed by atoms with E-state index in [-0.39, 0.29) is 0 Å². The van der Waals surface area contributed by atoms with Crippen molar-refractivity contribution in [2.45, 2.75) is 38.2 Å². The van der Waals surface area contributed by atoms with Gasteiger partial charge in [-0.05, 0) is 43.9 Å². The number of nitrogens with one attached hydrogen (secondary N) is 1. The first-order valence-corrected chi connectivity index (χ1v) is 9.32. The molecule has 0 amide bonds. The van der Waals surface area contributed by atoms with Crippen molar-refractivity contribution in [2.24, 2.45) is 9.98 Å². The van der Waals surface area contributed by atoms with Crippen molar-refractivity contribution in [3.63, 3.8) is 0 Å². The lowest BCUT2D eigenvalue weighted by Gasteiger charge is -2.23. The van der Waals surface area contributed by atoms with E-state index >= 15 is 0 Å². The highest BCUT2D eigenvalue weighted by molar-refractivity contribution is 6.13. The van der Waals surface area contributed by atoms with E-state index in [0.29, 0.717) is 30.1 Å². The van der Waals surface area contributed by atoms with E-state index in [1.165, 1.54) is 19.3 Å². The Morgan fingerprint density at radius 2 is 1.93 bits per heavy atom. The van der Waals surface area contributed by atoms with Crippen LogP contribution in [-0.2, 0) is 0 Å². The van der Waals surface area contributed by atoms with Crippen LogP contribution in [0.5, 0.6) is 11.5 Å². The number of rotatable bonds is 5. The minimum atomic E-state index is 0.307. The number of hydrogen-bond donors (Lipinski definition) is 1. The van der Waals surface area contributed by atoms with Gasteiger partial charge in [0.05, 0.1) is 26.0 Å². The van der Waals surface area contributed by atoms with Gasteiger partial charge in [-0.15, -0.1) is 0 Å². The van der Waals surface area contributed by atoms with Crippen LogP contribution < -0.4 is 14.8 Å². The summed E-state index contributed by atoms with van der Waals surface area (Å²) in [5.74, 6) is 3.60. The number of ether oxygens (including phenoxy) is 2. The molecule has 1 fully saturated rings. The maximum absolute atomic E-state index is 6.12. The van der Waals surface area contributed by atoms with Crippen molar-refractivity contribution in [3.8, 4) is 11.5 Å². The van der Waals surface area contributed by atoms with Crippen LogP contribution >= 0.6 is 0 Å². The van der Waals surface area contributed by atoms with Crippen molar-refractivity contribution in [1.82, 2.24) is 9.97 Å². The molecule has 1 aliphatic heterocycles. The van der Waals surface area contributed by atoms with Gasteiger partial charge in [-0.3, -0.25) is 9.98 Å². The Balaban J connectivity index is 1.41. The zero-order valence-corrected chi connectivity index (χ0v) is 15.4. The molecule has 1 aliphatic carbocycles. The second kappa shape index (κ2) is 8.16. The number of aromatic nitrogens is 2. The first-order valence-electron chi connectivity index (χ1n) is 9.32. The van der Waals surface area contributed by atoms with Gasteiger partial charge in [-0.25, -0.2) is 9.98 Å². The molecular formula is C20H23N5O2. The highest BCUT2D eigenvalue weighted by atomic mass is 16.5. The molecule has 1 N–H and O–H groups in total. The van der Waals surface area contributed by atoms with Crippen LogP contribution in [0.4, 0.5) is 5.82 Å². The summed E-state index contributed by atoms with van der Waals surface area (Å²) in [5, 5.41) is 3.18. The van der Waals surface area contributed by atoms with Gasteiger partial charge in [0.1, 0.15) is 28.8 Å². The lowest BCUT2D eigenvalue weighted by atomic mass is 9.98. The van der Waals surface area contributed by atoms with E-state index in [0.717, 1.165) is 30.1 Å². The lowest BCUT2D eigenvalue weighted by molar-refractivity contribution is 0.155. The highest BCUT2D eigenvalue weighted by Gasteiger charge is 2.17. The molecule has 0 atom stereocenters. The zero-order chi connectivity index (χ0) is 18.5. The van der Waals surface area contributed by atoms with Gasteiger partial charge >= 0.3 is 0 Å². The Kier molecular flexibility index (Phi) is 5.27. The average Bonchev–Trinajstić information content (AvgIpc) is 3.18. The van der Waals surface area contributed by atoms with Crippen molar-refractivity contribution < 1.29 is 9.47 Å². The maximum Gasteiger partial charge on any atom is 0.175 e. The standard InChI is InChI=1S/C20H23N5O2/c1-26-16-7-8-18(22-12-16)24-19-13-23-20(25-19)17-11-15(9-10-21-17)27-14-5-3-2-4-6-14/h7-12,14H,2-6,13H2,1H3,(H,22,23,24,25). The van der Waals surface area contributed by atoms with E-state index in [4.69, 9.17) is 9.47 Å². The molecule has 0 spiro atoms. The molecule has 0 bridgehead atoms. The monoisotopic (exact) mass is 365 g/mol. The van der Waals surface area contributed by atoms with Gasteiger partial charge in [-0.2, -0.15) is 0 Å². The molecule has 0 aromatic carbocycles. The van der Waals surface area contributed by atoms with Crippen molar-refractivity contribution in [3.05, 3.63) is 42.4 Å². The second-order valence-corrected chi connectivity index (χ2v) is 6.66. The van der Waals surface area contributed by atoms with Crippen molar-refractivity contribution in [2.75, 3.05) is 19.0 Å². The molecule has 0 unspecified atom stereocenters. The molecule has 2 aliphatic rings. The molecule has 27 heavy (non-hydrogen) atoms. The van der Waals surface area contributed by atoms with Gasteiger partial charge in [0.25, 0.3) is 0 Å². The van der Waals surface area contributed by atoms with E-state index in [2.05, 4.69) is 25.3 Å². The Hall–Kier alpha value is -2.96. The number of anilines is 1. The number of methoxy groups -OCH3 is 1. The Labute approximate surface area is 158 Å². The van der Waals surface area contributed by atoms with Gasteiger partial charge < -0.3 is 14.8 Å². The van der Waals surface area contributed by atoms with Crippen LogP contribution in [0.3, 0.4) is 0 Å². The third-order valence-corrected chi connectivity index (χ3v) is 4.68. The molecule has 7 nitrogen and oxygen atoms in total. The van der Waals surface area contributed by atoms with E-state index < -0.39 is 0 Å². The van der Waals surface area contributed by atoms with E-state index in [1.54, 1.807) is 19.5 Å². The number of nitrogens with zero attached hydrogens (tertiary/aromatic N) is 4. The molecule has 7 heteroatoms. The van der Waals surface area contributed by atoms with E-state index in [1.807, 2.05) is 24.3 Å². The lowest BCUT2D eigenvalue weighted by Crippen LogP contribution is -2.19. The zero-order valence-electron chi connectivity index (χ0n) is 15.4. The van der Waals surface area contributed by atoms with Crippen molar-refractivity contribution in [1.29, 1.82) is 0 Å². The fourth-order valence-corrected chi connectivity index (χ4v) is 3.26. The van der Waals surface area contributed by atoms with Crippen LogP contribution in [0.2, 0.25) is 0 Å². The molecule has 4 rings (SSSR count). The molecule has 2 aromatic heterocycles. The largest absolute Gasteiger partial charge is 0.495 e. The fraction of sp³-hybridized carbons (Fsp3) is 0.400. The van der Waals surface area contributed by atoms with Crippen LogP contribution in [-0.4, -0.2) is 41.4 Å². The summed E-state index contributed by atoms with van der Waals surface area (Å²) in [6.07, 6.45) is 9.77. The Morgan fingerprint density at radius 3 is 2.70 bits per heavy atom. The molecule has 2 aromatic rings. The van der Waals surface area contributed by atoms with E-state index in [9.17, 15) is 0 Å². The SMILES string of the molecule is COc1ccc(NC2=NC(c3cc(OC4CCCCC4)ccn3)=NC2)nc1. The quantitative estimate of drug-likeness (QED) is 0.877. The predicted octanol–water partition coefficient (Wildman–Crippen LogP) is 3.47. The summed E-state index contributed by atoms with van der Waals surface area (Å²) in [4.78, 5) is 17.7. The van der Waals surface area contributed by atoms with Gasteiger partial charge in [-0.1, -0.05) is 6.42 Å². The van der Waals surface area contributed by atoms with Crippen LogP contribution in [0, 0.1) is 0 Å². The van der Waals surface area contributed by atoms with Crippen LogP contribution in [0.25, 0.3) is 0 Å². The van der Waals surface area contributed by atoms with Crippen LogP contribution in [0.15, 0.2) is 46.6 Å². The molecule has 0 saturated heterocycles. The summed E-state index contributed by atoms with van der Waals surface area (Å²) in [7, 11) is 1.62. The van der Waals surface area contributed by atoms with Crippen molar-refractivity contribution >= 4 is 17.5 Å². The minimum absolute atomic E-state index is 0.307. The summed E-state index contributed by atoms with van der Waals surface area (Å²) in [5.41, 5.74) is 0.725. The Bertz CT molecular complexity index is 842. The topological polar surface area (TPSA) is 81.0 Å². The van der Waals surface area contributed by atoms with Gasteiger partial charge in [0.2, 0.25) is 0 Å². The fourth-order valence-electron chi connectivity index (χ4n) is 3.26. The molecule has 3 heterocycles. The first-order chi connectivity index (χ1) is 13.3. The molecule has 0 radical (unpaired) electrons. The first kappa shape index (κ1) is 17.5. The summed E-state index contributed by atoms with van der Waals surface area (Å²) < 4.78 is 11.2. The van der Waals surface area contributed by atoms with Crippen LogP contribution in [0.1, 0.15) is 37.8 Å². The Morgan fingerprint density at radius 1 is 1.04 bits per heavy atom. The number of amidine groups is 2. The van der Waals surface area contributed by atoms with Gasteiger partial charge in [0, 0.05) is 12.3 Å². The normalized spacial score (nSPS) is 17.2. The molecular weight excluding hydrogens is 342 g/mol. The summed E-state index contributed by atoms with van der Waals surface area (Å²) >= 11 is 0. The third-order valence-electron chi connectivity index (χ3n) is 4.68. The molecule has 1 saturated carbocycles. The third kappa shape index (κ3) is 4.42. The summed E-state index contributed by atoms with van der Waals surface area (Å²) in [6.45, 7) is 0.471.